The first-order valence-electron chi connectivity index (χ1n) is 8.60. The molecule has 2 aromatic rings. The zero-order chi connectivity index (χ0) is 24.0. The summed E-state index contributed by atoms with van der Waals surface area (Å²) in [4.78, 5) is 0. The van der Waals surface area contributed by atoms with Crippen LogP contribution in [-0.4, -0.2) is 24.0 Å². The van der Waals surface area contributed by atoms with Crippen molar-refractivity contribution in [3.63, 3.8) is 0 Å². The number of aliphatic hydroxyl groups is 1. The molecule has 0 saturated heterocycles. The molecule has 0 aliphatic heterocycles. The van der Waals surface area contributed by atoms with Crippen LogP contribution in [-0.2, 0) is 16.7 Å². The highest BCUT2D eigenvalue weighted by Gasteiger charge is 2.49. The second-order valence-corrected chi connectivity index (χ2v) is 7.91. The minimum absolute atomic E-state index is 0.459. The number of nitrogens with zero attached hydrogens (tertiary/aromatic N) is 2. The Balaban J connectivity index is 2.38. The van der Waals surface area contributed by atoms with Crippen LogP contribution in [0.25, 0.3) is 5.69 Å². The standard InChI is InChI=1S/C17H12F7N3O4S/c18-9-2-1-7(5-8(9)15(19)20)27-10-3-4-17(23,24)14(28)11(10)13(12(27)16(21)22)31-32(29,30)26-6-25/h1-2,5,14-16,26,28H,3-4H2/t14-/m0/s1. The van der Waals surface area contributed by atoms with Crippen LogP contribution >= 0.6 is 0 Å². The molecular weight excluding hydrogens is 475 g/mol. The molecule has 1 aliphatic carbocycles. The van der Waals surface area contributed by atoms with E-state index in [1.54, 1.807) is 0 Å². The van der Waals surface area contributed by atoms with Gasteiger partial charge in [-0.05, 0) is 24.6 Å². The molecule has 0 bridgehead atoms. The lowest BCUT2D eigenvalue weighted by atomic mass is 9.91. The topological polar surface area (TPSA) is 104 Å². The third-order valence-corrected chi connectivity index (χ3v) is 5.44. The normalized spacial score (nSPS) is 17.8. The Labute approximate surface area is 175 Å². The lowest BCUT2D eigenvalue weighted by Gasteiger charge is -2.29. The highest BCUT2D eigenvalue weighted by molar-refractivity contribution is 7.85. The molecule has 1 aliphatic rings. The Bertz CT molecular complexity index is 1190. The molecule has 7 nitrogen and oxygen atoms in total. The molecule has 3 rings (SSSR count). The molecule has 0 radical (unpaired) electrons. The average Bonchev–Trinajstić information content (AvgIpc) is 2.99. The number of alkyl halides is 6. The average molecular weight is 487 g/mol. The third-order valence-electron chi connectivity index (χ3n) is 4.71. The van der Waals surface area contributed by atoms with E-state index in [0.717, 1.165) is 17.0 Å². The number of halogens is 7. The van der Waals surface area contributed by atoms with Gasteiger partial charge in [-0.3, -0.25) is 0 Å². The summed E-state index contributed by atoms with van der Waals surface area (Å²) in [5.41, 5.74) is -4.60. The molecule has 2 N–H and O–H groups in total. The molecule has 174 valence electrons. The highest BCUT2D eigenvalue weighted by Crippen LogP contribution is 2.51. The number of nitrogens with one attached hydrogen (secondary N) is 1. The monoisotopic (exact) mass is 487 g/mol. The van der Waals surface area contributed by atoms with E-state index < -0.39 is 87.8 Å². The zero-order valence-corrected chi connectivity index (χ0v) is 16.3. The summed E-state index contributed by atoms with van der Waals surface area (Å²) in [6.45, 7) is 0. The number of benzene rings is 1. The van der Waals surface area contributed by atoms with Crippen LogP contribution in [0.2, 0.25) is 0 Å². The van der Waals surface area contributed by atoms with Crippen molar-refractivity contribution < 1.29 is 48.4 Å². The lowest BCUT2D eigenvalue weighted by Crippen LogP contribution is -2.33. The van der Waals surface area contributed by atoms with Gasteiger partial charge in [0.2, 0.25) is 0 Å². The maximum Gasteiger partial charge on any atom is 0.415 e. The first kappa shape index (κ1) is 23.7. The minimum Gasteiger partial charge on any atom is -0.382 e. The van der Waals surface area contributed by atoms with Gasteiger partial charge in [0, 0.05) is 17.8 Å². The van der Waals surface area contributed by atoms with Crippen LogP contribution in [0.5, 0.6) is 5.75 Å². The summed E-state index contributed by atoms with van der Waals surface area (Å²) in [5, 5.41) is 18.6. The molecule has 1 aromatic carbocycles. The molecule has 15 heteroatoms. The van der Waals surface area contributed by atoms with Gasteiger partial charge in [0.05, 0.1) is 11.1 Å². The quantitative estimate of drug-likeness (QED) is 0.367. The van der Waals surface area contributed by atoms with Gasteiger partial charge in [0.1, 0.15) is 17.6 Å². The second kappa shape index (κ2) is 8.17. The maximum absolute atomic E-state index is 14.1. The second-order valence-electron chi connectivity index (χ2n) is 6.63. The fourth-order valence-corrected chi connectivity index (χ4v) is 3.95. The maximum atomic E-state index is 14.1. The summed E-state index contributed by atoms with van der Waals surface area (Å²) in [6, 6.07) is 1.80. The molecule has 0 fully saturated rings. The van der Waals surface area contributed by atoms with Crippen LogP contribution in [0.4, 0.5) is 30.7 Å². The molecule has 0 unspecified atom stereocenters. The van der Waals surface area contributed by atoms with Gasteiger partial charge in [-0.15, -0.1) is 0 Å². The highest BCUT2D eigenvalue weighted by atomic mass is 32.2. The van der Waals surface area contributed by atoms with Crippen molar-refractivity contribution in [1.82, 2.24) is 9.29 Å². The molecule has 32 heavy (non-hydrogen) atoms. The van der Waals surface area contributed by atoms with Crippen molar-refractivity contribution >= 4 is 10.3 Å². The summed E-state index contributed by atoms with van der Waals surface area (Å²) in [5.74, 6) is -6.64. The van der Waals surface area contributed by atoms with Gasteiger partial charge in [-0.25, -0.2) is 30.7 Å². The largest absolute Gasteiger partial charge is 0.415 e. The number of aromatic nitrogens is 1. The Morgan fingerprint density at radius 3 is 2.47 bits per heavy atom. The van der Waals surface area contributed by atoms with Gasteiger partial charge in [-0.1, -0.05) is 0 Å². The summed E-state index contributed by atoms with van der Waals surface area (Å²) >= 11 is 0. The van der Waals surface area contributed by atoms with E-state index >= 15 is 0 Å². The predicted molar refractivity (Wildman–Crippen MR) is 92.2 cm³/mol. The third kappa shape index (κ3) is 4.07. The zero-order valence-electron chi connectivity index (χ0n) is 15.5. The minimum atomic E-state index is -5.13. The fraction of sp³-hybridized carbons (Fsp3) is 0.353. The van der Waals surface area contributed by atoms with E-state index in [-0.39, 0.29) is 0 Å². The van der Waals surface area contributed by atoms with Crippen LogP contribution in [0.15, 0.2) is 18.2 Å². The Morgan fingerprint density at radius 2 is 1.91 bits per heavy atom. The lowest BCUT2D eigenvalue weighted by molar-refractivity contribution is -0.122. The number of hydrogen-bond acceptors (Lipinski definition) is 5. The molecule has 0 amide bonds. The van der Waals surface area contributed by atoms with Crippen LogP contribution < -0.4 is 8.91 Å². The number of rotatable bonds is 6. The van der Waals surface area contributed by atoms with E-state index in [1.165, 1.54) is 0 Å². The predicted octanol–water partition coefficient (Wildman–Crippen LogP) is 3.80. The summed E-state index contributed by atoms with van der Waals surface area (Å²) in [7, 11) is -5.13. The number of nitriles is 1. The SMILES string of the molecule is N#CNS(=O)(=O)Oc1c2c(n(-c3ccc(F)c(C(F)F)c3)c1C(F)F)CCC(F)(F)[C@H]2O. The van der Waals surface area contributed by atoms with Crippen molar-refractivity contribution in [2.24, 2.45) is 0 Å². The number of hydrogen-bond donors (Lipinski definition) is 2. The van der Waals surface area contributed by atoms with Crippen molar-refractivity contribution in [2.45, 2.75) is 37.7 Å². The van der Waals surface area contributed by atoms with Gasteiger partial charge in [0.25, 0.3) is 18.8 Å². The number of aliphatic hydroxyl groups excluding tert-OH is 1. The van der Waals surface area contributed by atoms with E-state index in [4.69, 9.17) is 5.26 Å². The van der Waals surface area contributed by atoms with Crippen molar-refractivity contribution in [1.29, 1.82) is 5.26 Å². The van der Waals surface area contributed by atoms with Gasteiger partial charge in [-0.2, -0.15) is 18.4 Å². The van der Waals surface area contributed by atoms with Crippen LogP contribution in [0.3, 0.4) is 0 Å². The van der Waals surface area contributed by atoms with E-state index in [1.807, 2.05) is 0 Å². The fourth-order valence-electron chi connectivity index (χ4n) is 3.40. The van der Waals surface area contributed by atoms with Gasteiger partial charge < -0.3 is 13.9 Å². The van der Waals surface area contributed by atoms with E-state index in [2.05, 4.69) is 4.18 Å². The Hall–Kier alpha value is -2.99. The Kier molecular flexibility index (Phi) is 6.04. The summed E-state index contributed by atoms with van der Waals surface area (Å²) < 4.78 is 126. The summed E-state index contributed by atoms with van der Waals surface area (Å²) in [6.07, 6.45) is -10.6. The molecule has 0 spiro atoms. The smallest absolute Gasteiger partial charge is 0.382 e. The molecule has 1 heterocycles. The Morgan fingerprint density at radius 1 is 1.25 bits per heavy atom. The van der Waals surface area contributed by atoms with Gasteiger partial charge >= 0.3 is 10.3 Å². The van der Waals surface area contributed by atoms with E-state index in [0.29, 0.717) is 16.7 Å². The molecular formula is C17H12F7N3O4S. The first-order chi connectivity index (χ1) is 14.8. The van der Waals surface area contributed by atoms with Crippen molar-refractivity contribution in [3.05, 3.63) is 46.5 Å². The molecule has 1 aromatic heterocycles. The van der Waals surface area contributed by atoms with Crippen LogP contribution in [0.1, 0.15) is 47.9 Å². The first-order valence-corrected chi connectivity index (χ1v) is 10.0. The van der Waals surface area contributed by atoms with Crippen LogP contribution in [0, 0.1) is 17.3 Å². The van der Waals surface area contributed by atoms with E-state index in [9.17, 15) is 44.3 Å². The number of fused-ring (bicyclic) bond motifs is 1. The molecule has 0 saturated carbocycles. The van der Waals surface area contributed by atoms with Crippen molar-refractivity contribution in [3.8, 4) is 17.6 Å². The van der Waals surface area contributed by atoms with Gasteiger partial charge in [0.15, 0.2) is 11.9 Å². The molecule has 1 atom stereocenters. The van der Waals surface area contributed by atoms with Crippen molar-refractivity contribution in [2.75, 3.05) is 0 Å².